The van der Waals surface area contributed by atoms with Crippen LogP contribution in [0, 0.1) is 11.8 Å². The lowest BCUT2D eigenvalue weighted by Crippen LogP contribution is -2.34. The summed E-state index contributed by atoms with van der Waals surface area (Å²) in [6, 6.07) is 21.4. The number of aliphatic imine (C=N–C) groups is 1. The van der Waals surface area contributed by atoms with Crippen LogP contribution in [0.25, 0.3) is 0 Å². The third-order valence-corrected chi connectivity index (χ3v) is 6.32. The second-order valence-corrected chi connectivity index (χ2v) is 8.51. The Morgan fingerprint density at radius 3 is 2.11 bits per heavy atom. The van der Waals surface area contributed by atoms with Crippen molar-refractivity contribution >= 4 is 18.2 Å². The molecule has 2 aliphatic carbocycles. The highest BCUT2D eigenvalue weighted by Gasteiger charge is 2.45. The summed E-state index contributed by atoms with van der Waals surface area (Å²) in [7, 11) is 0. The van der Waals surface area contributed by atoms with Crippen molar-refractivity contribution in [3.05, 3.63) is 71.8 Å². The average Bonchev–Trinajstić information content (AvgIpc) is 3.63. The Hall–Kier alpha value is -1.84. The van der Waals surface area contributed by atoms with Gasteiger partial charge < -0.3 is 10.1 Å². The summed E-state index contributed by atoms with van der Waals surface area (Å²) in [6.45, 7) is 2.84. The number of hydrogen-bond donors (Lipinski definition) is 1. The molecule has 0 saturated heterocycles. The van der Waals surface area contributed by atoms with Gasteiger partial charge in [-0.25, -0.2) is 0 Å². The van der Waals surface area contributed by atoms with Crippen LogP contribution in [0.4, 0.5) is 0 Å². The highest BCUT2D eigenvalue weighted by atomic mass is 35.5. The lowest BCUT2D eigenvalue weighted by Gasteiger charge is -2.30. The molecule has 2 aromatic carbocycles. The average molecular weight is 397 g/mol. The number of ether oxygens (including phenoxy) is 1. The summed E-state index contributed by atoms with van der Waals surface area (Å²) in [4.78, 5) is 5.16. The molecule has 0 spiro atoms. The zero-order valence-corrected chi connectivity index (χ0v) is 17.2. The maximum Gasteiger partial charge on any atom is 0.124 e. The molecule has 2 aromatic rings. The van der Waals surface area contributed by atoms with Crippen molar-refractivity contribution in [2.24, 2.45) is 16.8 Å². The zero-order chi connectivity index (χ0) is 18.3. The van der Waals surface area contributed by atoms with Gasteiger partial charge in [0.1, 0.15) is 18.0 Å². The highest BCUT2D eigenvalue weighted by molar-refractivity contribution is 5.86. The maximum absolute atomic E-state index is 6.39. The molecule has 0 amide bonds. The number of nitrogens with zero attached hydrogens (tertiary/aromatic N) is 1. The minimum atomic E-state index is -0.323. The number of benzene rings is 2. The first-order valence-electron chi connectivity index (χ1n) is 10.3. The molecule has 2 saturated carbocycles. The first-order chi connectivity index (χ1) is 13.2. The molecule has 2 atom stereocenters. The molecule has 148 valence electrons. The normalized spacial score (nSPS) is 26.5. The Morgan fingerprint density at radius 2 is 1.54 bits per heavy atom. The molecule has 0 bridgehead atoms. The van der Waals surface area contributed by atoms with Crippen molar-refractivity contribution in [1.29, 1.82) is 0 Å². The highest BCUT2D eigenvalue weighted by Crippen LogP contribution is 2.47. The lowest BCUT2D eigenvalue weighted by molar-refractivity contribution is 0.0469. The number of hydrogen-bond acceptors (Lipinski definition) is 3. The van der Waals surface area contributed by atoms with Crippen molar-refractivity contribution in [3.63, 3.8) is 0 Å². The molecule has 3 aliphatic rings. The molecular weight excluding hydrogens is 368 g/mol. The van der Waals surface area contributed by atoms with E-state index in [1.165, 1.54) is 36.8 Å². The van der Waals surface area contributed by atoms with E-state index in [9.17, 15) is 0 Å². The zero-order valence-electron chi connectivity index (χ0n) is 16.4. The third kappa shape index (κ3) is 3.83. The van der Waals surface area contributed by atoms with Gasteiger partial charge in [-0.2, -0.15) is 0 Å². The molecule has 4 heteroatoms. The largest absolute Gasteiger partial charge is 0.370 e. The topological polar surface area (TPSA) is 33.6 Å². The van der Waals surface area contributed by atoms with E-state index in [1.807, 2.05) is 0 Å². The molecule has 0 radical (unpaired) electrons. The van der Waals surface area contributed by atoms with Crippen molar-refractivity contribution < 1.29 is 4.74 Å². The van der Waals surface area contributed by atoms with E-state index in [2.05, 4.69) is 72.9 Å². The van der Waals surface area contributed by atoms with Crippen LogP contribution in [0.15, 0.2) is 65.7 Å². The van der Waals surface area contributed by atoms with Gasteiger partial charge >= 0.3 is 0 Å². The maximum atomic E-state index is 6.39. The smallest absolute Gasteiger partial charge is 0.124 e. The first kappa shape index (κ1) is 19.5. The summed E-state index contributed by atoms with van der Waals surface area (Å²) in [5.74, 6) is 2.58. The summed E-state index contributed by atoms with van der Waals surface area (Å²) in [6.07, 6.45) is 5.82. The molecule has 5 rings (SSSR count). The summed E-state index contributed by atoms with van der Waals surface area (Å²) in [5, 5.41) is 3.70. The van der Waals surface area contributed by atoms with Crippen LogP contribution in [0.3, 0.4) is 0 Å². The van der Waals surface area contributed by atoms with E-state index >= 15 is 0 Å². The SMILES string of the molecule is C[C@@]1(c2ccccc2)N=C(COC(C2CC2)C2CC2)N[C@@H]1c1ccccc1.Cl. The van der Waals surface area contributed by atoms with Crippen LogP contribution < -0.4 is 5.32 Å². The van der Waals surface area contributed by atoms with Crippen LogP contribution in [0.5, 0.6) is 0 Å². The van der Waals surface area contributed by atoms with Gasteiger partial charge in [-0.05, 0) is 55.6 Å². The lowest BCUT2D eigenvalue weighted by atomic mass is 9.82. The van der Waals surface area contributed by atoms with Crippen molar-refractivity contribution in [2.45, 2.75) is 50.3 Å². The Bertz CT molecular complexity index is 805. The van der Waals surface area contributed by atoms with Gasteiger partial charge in [0.05, 0.1) is 12.1 Å². The molecule has 2 fully saturated rings. The Labute approximate surface area is 174 Å². The van der Waals surface area contributed by atoms with Crippen LogP contribution in [-0.2, 0) is 10.3 Å². The van der Waals surface area contributed by atoms with Gasteiger partial charge in [0.2, 0.25) is 0 Å². The molecule has 0 aromatic heterocycles. The summed E-state index contributed by atoms with van der Waals surface area (Å²) in [5.41, 5.74) is 2.18. The molecule has 0 unspecified atom stereocenters. The van der Waals surface area contributed by atoms with Crippen LogP contribution in [0.1, 0.15) is 49.8 Å². The quantitative estimate of drug-likeness (QED) is 0.691. The second kappa shape index (κ2) is 7.88. The first-order valence-corrected chi connectivity index (χ1v) is 10.3. The van der Waals surface area contributed by atoms with E-state index < -0.39 is 0 Å². The minimum Gasteiger partial charge on any atom is -0.370 e. The van der Waals surface area contributed by atoms with E-state index in [-0.39, 0.29) is 24.0 Å². The van der Waals surface area contributed by atoms with E-state index in [0.29, 0.717) is 12.7 Å². The Kier molecular flexibility index (Phi) is 5.48. The van der Waals surface area contributed by atoms with Gasteiger partial charge in [-0.1, -0.05) is 60.7 Å². The van der Waals surface area contributed by atoms with Gasteiger partial charge in [0.25, 0.3) is 0 Å². The standard InChI is InChI=1S/C24H28N2O.ClH/c1-24(20-10-6-3-7-11-20)23(19-8-4-2-5-9-19)25-21(26-24)16-27-22(17-12-13-17)18-14-15-18;/h2-11,17-18,22-23H,12-16H2,1H3,(H,25,26);1H/t23-,24+;/m1./s1. The fourth-order valence-electron chi connectivity index (χ4n) is 4.50. The predicted molar refractivity (Wildman–Crippen MR) is 116 cm³/mol. The van der Waals surface area contributed by atoms with Crippen molar-refractivity contribution in [3.8, 4) is 0 Å². The summed E-state index contributed by atoms with van der Waals surface area (Å²) >= 11 is 0. The van der Waals surface area contributed by atoms with Crippen LogP contribution in [0.2, 0.25) is 0 Å². The minimum absolute atomic E-state index is 0. The van der Waals surface area contributed by atoms with Crippen molar-refractivity contribution in [2.75, 3.05) is 6.61 Å². The number of halogens is 1. The van der Waals surface area contributed by atoms with E-state index in [4.69, 9.17) is 9.73 Å². The second-order valence-electron chi connectivity index (χ2n) is 8.51. The molecule has 1 aliphatic heterocycles. The fourth-order valence-corrected chi connectivity index (χ4v) is 4.50. The van der Waals surface area contributed by atoms with Crippen LogP contribution in [-0.4, -0.2) is 18.5 Å². The van der Waals surface area contributed by atoms with Gasteiger partial charge in [-0.15, -0.1) is 12.4 Å². The van der Waals surface area contributed by atoms with Gasteiger partial charge in [-0.3, -0.25) is 4.99 Å². The number of rotatable bonds is 7. The monoisotopic (exact) mass is 396 g/mol. The predicted octanol–water partition coefficient (Wildman–Crippen LogP) is 5.27. The summed E-state index contributed by atoms with van der Waals surface area (Å²) < 4.78 is 6.39. The van der Waals surface area contributed by atoms with Crippen molar-refractivity contribution in [1.82, 2.24) is 5.32 Å². The fraction of sp³-hybridized carbons (Fsp3) is 0.458. The number of nitrogens with one attached hydrogen (secondary N) is 1. The van der Waals surface area contributed by atoms with Gasteiger partial charge in [0, 0.05) is 0 Å². The number of amidine groups is 1. The van der Waals surface area contributed by atoms with Gasteiger partial charge in [0.15, 0.2) is 0 Å². The third-order valence-electron chi connectivity index (χ3n) is 6.32. The molecule has 1 N–H and O–H groups in total. The molecule has 28 heavy (non-hydrogen) atoms. The van der Waals surface area contributed by atoms with Crippen LogP contribution >= 0.6 is 12.4 Å². The molecule has 3 nitrogen and oxygen atoms in total. The Balaban J connectivity index is 0.00000192. The van der Waals surface area contributed by atoms with E-state index in [0.717, 1.165) is 17.7 Å². The molecular formula is C24H29ClN2O. The molecule has 1 heterocycles. The Morgan fingerprint density at radius 1 is 0.964 bits per heavy atom. The van der Waals surface area contributed by atoms with E-state index in [1.54, 1.807) is 0 Å².